The first-order valence-corrected chi connectivity index (χ1v) is 18.9. The molecule has 0 amide bonds. The zero-order valence-corrected chi connectivity index (χ0v) is 30.4. The predicted molar refractivity (Wildman–Crippen MR) is 203 cm³/mol. The number of aryl methyl sites for hydroxylation is 1. The van der Waals surface area contributed by atoms with Crippen LogP contribution in [-0.4, -0.2) is 39.6 Å². The van der Waals surface area contributed by atoms with Gasteiger partial charge in [-0.3, -0.25) is 23.7 Å². The fourth-order valence-electron chi connectivity index (χ4n) is 5.20. The van der Waals surface area contributed by atoms with Gasteiger partial charge in [-0.2, -0.15) is 0 Å². The summed E-state index contributed by atoms with van der Waals surface area (Å²) >= 11 is 7.17. The highest BCUT2D eigenvalue weighted by molar-refractivity contribution is 7.90. The highest BCUT2D eigenvalue weighted by atomic mass is 35.5. The first kappa shape index (κ1) is 36.1. The van der Waals surface area contributed by atoms with E-state index >= 15 is 0 Å². The molecule has 0 fully saturated rings. The van der Waals surface area contributed by atoms with Gasteiger partial charge in [-0.15, -0.1) is 11.3 Å². The van der Waals surface area contributed by atoms with Crippen molar-refractivity contribution in [3.8, 4) is 22.4 Å². The van der Waals surface area contributed by atoms with Crippen molar-refractivity contribution < 1.29 is 17.9 Å². The van der Waals surface area contributed by atoms with Crippen LogP contribution in [0.15, 0.2) is 142 Å². The standard InChI is InChI=1S/C21H16N2O4S.C18H15ClN2O2S/c24-18-11-19-23(21(26)22(18)12-15-7-3-1-4-8-15)13-17(28-19)20(25)27-14-16-9-5-2-6-10-16;1-12-3-4-14(10-20-12)18-17(9-15(19)11-21-18)13-5-7-16(8-6-13)24(2,22)23/h1-11,13H,12,14H2;3-11H,1-2H3. The molecule has 4 aromatic heterocycles. The summed E-state index contributed by atoms with van der Waals surface area (Å²) in [4.78, 5) is 47.2. The second-order valence-corrected chi connectivity index (χ2v) is 15.3. The van der Waals surface area contributed by atoms with Crippen LogP contribution in [0.5, 0.6) is 0 Å². The number of pyridine rings is 2. The number of nitrogens with zero attached hydrogens (tertiary/aromatic N) is 4. The molecule has 4 heterocycles. The number of hydrogen-bond acceptors (Lipinski definition) is 9. The molecular formula is C39H31ClN4O6S2. The Morgan fingerprint density at radius 2 is 1.48 bits per heavy atom. The van der Waals surface area contributed by atoms with Gasteiger partial charge in [0, 0.05) is 47.7 Å². The van der Waals surface area contributed by atoms with Crippen LogP contribution in [0.1, 0.15) is 26.5 Å². The Bertz CT molecular complexity index is 2590. The average Bonchev–Trinajstić information content (AvgIpc) is 3.58. The van der Waals surface area contributed by atoms with Gasteiger partial charge in [0.25, 0.3) is 5.56 Å². The van der Waals surface area contributed by atoms with Gasteiger partial charge in [0.05, 0.1) is 22.2 Å². The summed E-state index contributed by atoms with van der Waals surface area (Å²) in [5, 5.41) is 0.515. The number of rotatable bonds is 8. The van der Waals surface area contributed by atoms with E-state index in [1.807, 2.05) is 85.8 Å². The number of hydrogen-bond donors (Lipinski definition) is 0. The molecule has 7 rings (SSSR count). The molecule has 0 bridgehead atoms. The number of carbonyl (C=O) groups is 1. The molecule has 10 nitrogen and oxygen atoms in total. The van der Waals surface area contributed by atoms with Gasteiger partial charge < -0.3 is 4.74 Å². The topological polar surface area (TPSA) is 130 Å². The van der Waals surface area contributed by atoms with E-state index in [1.54, 1.807) is 36.7 Å². The van der Waals surface area contributed by atoms with Gasteiger partial charge in [0.1, 0.15) is 16.3 Å². The summed E-state index contributed by atoms with van der Waals surface area (Å²) in [7, 11) is -3.23. The van der Waals surface area contributed by atoms with E-state index < -0.39 is 27.1 Å². The fraction of sp³-hybridized carbons (Fsp3) is 0.103. The number of sulfone groups is 1. The Hall–Kier alpha value is -5.69. The lowest BCUT2D eigenvalue weighted by Crippen LogP contribution is -2.36. The molecule has 262 valence electrons. The molecule has 0 N–H and O–H groups in total. The van der Waals surface area contributed by atoms with Gasteiger partial charge in [0.2, 0.25) is 0 Å². The van der Waals surface area contributed by atoms with Crippen molar-refractivity contribution in [1.29, 1.82) is 0 Å². The van der Waals surface area contributed by atoms with Crippen molar-refractivity contribution in [2.24, 2.45) is 0 Å². The Labute approximate surface area is 308 Å². The largest absolute Gasteiger partial charge is 0.457 e. The summed E-state index contributed by atoms with van der Waals surface area (Å²) in [6.07, 6.45) is 5.97. The monoisotopic (exact) mass is 750 g/mol. The van der Waals surface area contributed by atoms with E-state index in [4.69, 9.17) is 16.3 Å². The van der Waals surface area contributed by atoms with E-state index in [0.717, 1.165) is 55.1 Å². The van der Waals surface area contributed by atoms with Crippen LogP contribution >= 0.6 is 22.9 Å². The van der Waals surface area contributed by atoms with Crippen molar-refractivity contribution >= 4 is 43.6 Å². The van der Waals surface area contributed by atoms with E-state index in [0.29, 0.717) is 9.85 Å². The van der Waals surface area contributed by atoms with Crippen LogP contribution in [0.2, 0.25) is 5.02 Å². The molecule has 0 unspecified atom stereocenters. The Morgan fingerprint density at radius 3 is 2.12 bits per heavy atom. The summed E-state index contributed by atoms with van der Waals surface area (Å²) in [6.45, 7) is 2.23. The number of esters is 1. The van der Waals surface area contributed by atoms with Crippen LogP contribution in [0.4, 0.5) is 0 Å². The van der Waals surface area contributed by atoms with E-state index in [-0.39, 0.29) is 22.9 Å². The van der Waals surface area contributed by atoms with Gasteiger partial charge in [-0.1, -0.05) is 84.4 Å². The molecule has 0 radical (unpaired) electrons. The Kier molecular flexibility index (Phi) is 10.9. The van der Waals surface area contributed by atoms with Crippen LogP contribution in [0.3, 0.4) is 0 Å². The molecule has 7 aromatic rings. The van der Waals surface area contributed by atoms with E-state index in [9.17, 15) is 22.8 Å². The number of aromatic nitrogens is 4. The molecule has 0 aliphatic heterocycles. The number of thiazole rings is 1. The minimum atomic E-state index is -3.23. The summed E-state index contributed by atoms with van der Waals surface area (Å²) in [5.74, 6) is -0.529. The van der Waals surface area contributed by atoms with Crippen molar-refractivity contribution in [2.45, 2.75) is 25.0 Å². The second-order valence-electron chi connectivity index (χ2n) is 11.7. The van der Waals surface area contributed by atoms with Crippen LogP contribution in [0, 0.1) is 6.92 Å². The number of halogens is 1. The lowest BCUT2D eigenvalue weighted by atomic mass is 10.0. The van der Waals surface area contributed by atoms with Crippen molar-refractivity contribution in [1.82, 2.24) is 18.9 Å². The maximum absolute atomic E-state index is 12.7. The van der Waals surface area contributed by atoms with E-state index in [1.165, 1.54) is 22.9 Å². The smallest absolute Gasteiger partial charge is 0.350 e. The van der Waals surface area contributed by atoms with Crippen molar-refractivity contribution in [3.05, 3.63) is 175 Å². The third kappa shape index (κ3) is 8.60. The van der Waals surface area contributed by atoms with Gasteiger partial charge in [0.15, 0.2) is 9.84 Å². The molecule has 0 saturated carbocycles. The zero-order chi connectivity index (χ0) is 36.8. The molecule has 13 heteroatoms. The SMILES string of the molecule is Cc1ccc(-c2ncc(Cl)cc2-c2ccc(S(C)(=O)=O)cc2)cn1.O=C(OCc1ccccc1)c1cn2c(=O)n(Cc3ccccc3)c(=O)cc2s1. The normalized spacial score (nSPS) is 11.1. The van der Waals surface area contributed by atoms with Crippen LogP contribution in [0.25, 0.3) is 27.2 Å². The lowest BCUT2D eigenvalue weighted by molar-refractivity contribution is 0.0478. The number of carbonyl (C=O) groups excluding carboxylic acids is 1. The summed E-state index contributed by atoms with van der Waals surface area (Å²) in [5.41, 5.74) is 5.05. The Morgan fingerprint density at radius 1 is 0.827 bits per heavy atom. The fourth-order valence-corrected chi connectivity index (χ4v) is 6.91. The van der Waals surface area contributed by atoms with E-state index in [2.05, 4.69) is 9.97 Å². The Balaban J connectivity index is 0.000000181. The quantitative estimate of drug-likeness (QED) is 0.150. The molecule has 0 spiro atoms. The molecule has 0 aliphatic carbocycles. The van der Waals surface area contributed by atoms with Crippen LogP contribution in [-0.2, 0) is 27.7 Å². The molecular weight excluding hydrogens is 720 g/mol. The first-order valence-electron chi connectivity index (χ1n) is 15.9. The minimum absolute atomic E-state index is 0.142. The molecule has 0 aliphatic rings. The third-order valence-electron chi connectivity index (χ3n) is 7.88. The highest BCUT2D eigenvalue weighted by Crippen LogP contribution is 2.32. The van der Waals surface area contributed by atoms with Crippen molar-refractivity contribution in [3.63, 3.8) is 0 Å². The summed E-state index contributed by atoms with van der Waals surface area (Å²) in [6, 6.07) is 32.3. The maximum atomic E-state index is 12.7. The molecule has 3 aromatic carbocycles. The van der Waals surface area contributed by atoms with Gasteiger partial charge in [-0.25, -0.2) is 18.0 Å². The first-order chi connectivity index (χ1) is 25.0. The van der Waals surface area contributed by atoms with Gasteiger partial charge in [-0.05, 0) is 53.9 Å². The zero-order valence-electron chi connectivity index (χ0n) is 28.0. The lowest BCUT2D eigenvalue weighted by Gasteiger charge is -2.10. The average molecular weight is 751 g/mol. The maximum Gasteiger partial charge on any atom is 0.350 e. The third-order valence-corrected chi connectivity index (χ3v) is 10.2. The highest BCUT2D eigenvalue weighted by Gasteiger charge is 2.16. The molecule has 0 atom stereocenters. The molecule has 52 heavy (non-hydrogen) atoms. The van der Waals surface area contributed by atoms with Crippen molar-refractivity contribution in [2.75, 3.05) is 6.26 Å². The molecule has 0 saturated heterocycles. The minimum Gasteiger partial charge on any atom is -0.457 e. The van der Waals surface area contributed by atoms with Crippen LogP contribution < -0.4 is 11.2 Å². The number of ether oxygens (including phenoxy) is 1. The second kappa shape index (κ2) is 15.7. The predicted octanol–water partition coefficient (Wildman–Crippen LogP) is 7.10. The van der Waals surface area contributed by atoms with Gasteiger partial charge >= 0.3 is 11.7 Å². The number of fused-ring (bicyclic) bond motifs is 1. The number of benzene rings is 3. The summed E-state index contributed by atoms with van der Waals surface area (Å²) < 4.78 is 31.0.